The highest BCUT2D eigenvalue weighted by atomic mass is 32.2. The Balaban J connectivity index is 1.76. The number of aliphatic hydroxyl groups excluding tert-OH is 1. The monoisotopic (exact) mass is 556 g/mol. The van der Waals surface area contributed by atoms with Crippen LogP contribution in [0, 0.1) is 12.7 Å². The van der Waals surface area contributed by atoms with Gasteiger partial charge >= 0.3 is 11.7 Å². The number of benzene rings is 2. The lowest BCUT2D eigenvalue weighted by Gasteiger charge is -2.26. The van der Waals surface area contributed by atoms with Gasteiger partial charge in [-0.2, -0.15) is 0 Å². The van der Waals surface area contributed by atoms with Crippen LogP contribution in [0.3, 0.4) is 0 Å². The lowest BCUT2D eigenvalue weighted by Crippen LogP contribution is -2.32. The zero-order chi connectivity index (χ0) is 27.9. The van der Waals surface area contributed by atoms with Crippen LogP contribution in [0.4, 0.5) is 10.1 Å². The highest BCUT2D eigenvalue weighted by Crippen LogP contribution is 2.36. The Bertz CT molecular complexity index is 1760. The fourth-order valence-electron chi connectivity index (χ4n) is 4.76. The Kier molecular flexibility index (Phi) is 6.87. The van der Waals surface area contributed by atoms with Crippen molar-refractivity contribution in [3.8, 4) is 11.4 Å². The van der Waals surface area contributed by atoms with Crippen LogP contribution < -0.4 is 14.7 Å². The maximum absolute atomic E-state index is 15.6. The van der Waals surface area contributed by atoms with Crippen molar-refractivity contribution in [3.05, 3.63) is 75.6 Å². The molecule has 5 rings (SSSR count). The number of hydrogen-bond donors (Lipinski definition) is 3. The number of carboxylic acids is 1. The highest BCUT2D eigenvalue weighted by Gasteiger charge is 2.33. The van der Waals surface area contributed by atoms with Gasteiger partial charge in [0.25, 0.3) is 10.0 Å². The quantitative estimate of drug-likeness (QED) is 0.314. The van der Waals surface area contributed by atoms with Crippen molar-refractivity contribution in [1.82, 2.24) is 14.5 Å². The van der Waals surface area contributed by atoms with E-state index in [9.17, 15) is 28.2 Å². The van der Waals surface area contributed by atoms with Gasteiger partial charge in [-0.05, 0) is 55.5 Å². The molecular weight excluding hydrogens is 531 g/mol. The van der Waals surface area contributed by atoms with Crippen molar-refractivity contribution in [3.63, 3.8) is 0 Å². The zero-order valence-electron chi connectivity index (χ0n) is 20.8. The van der Waals surface area contributed by atoms with Crippen LogP contribution >= 0.6 is 0 Å². The molecule has 0 spiro atoms. The van der Waals surface area contributed by atoms with Crippen molar-refractivity contribution in [2.45, 2.75) is 31.1 Å². The predicted octanol–water partition coefficient (Wildman–Crippen LogP) is 2.76. The molecular formula is C26H25FN4O7S. The summed E-state index contributed by atoms with van der Waals surface area (Å²) in [5.74, 6) is -2.70. The summed E-state index contributed by atoms with van der Waals surface area (Å²) in [6, 6.07) is 10.2. The first-order valence-corrected chi connectivity index (χ1v) is 13.6. The fraction of sp³-hybridized carbons (Fsp3) is 0.269. The van der Waals surface area contributed by atoms with Gasteiger partial charge in [0.05, 0.1) is 23.5 Å². The molecule has 13 heteroatoms. The molecule has 0 radical (unpaired) electrons. The summed E-state index contributed by atoms with van der Waals surface area (Å²) in [5, 5.41) is 18.7. The van der Waals surface area contributed by atoms with Gasteiger partial charge in [0.15, 0.2) is 17.2 Å². The molecule has 3 N–H and O–H groups in total. The van der Waals surface area contributed by atoms with Crippen LogP contribution in [0.5, 0.6) is 5.75 Å². The largest absolute Gasteiger partial charge is 0.490 e. The molecule has 4 aromatic rings. The number of nitrogens with one attached hydrogen (secondary N) is 1. The van der Waals surface area contributed by atoms with Crippen molar-refractivity contribution >= 4 is 32.8 Å². The number of aryl methyl sites for hydroxylation is 2. The van der Waals surface area contributed by atoms with Crippen LogP contribution in [-0.2, 0) is 16.4 Å². The van der Waals surface area contributed by atoms with Crippen molar-refractivity contribution in [2.24, 2.45) is 0 Å². The molecule has 3 heterocycles. The molecule has 0 amide bonds. The number of hydrogen-bond acceptors (Lipinski definition) is 7. The smallest absolute Gasteiger partial charge is 0.354 e. The average Bonchev–Trinajstić information content (AvgIpc) is 3.08. The van der Waals surface area contributed by atoms with Crippen molar-refractivity contribution < 1.29 is 32.6 Å². The molecule has 0 unspecified atom stereocenters. The number of aromatic carboxylic acids is 1. The molecule has 39 heavy (non-hydrogen) atoms. The van der Waals surface area contributed by atoms with Crippen LogP contribution in [0.15, 0.2) is 52.2 Å². The molecule has 0 aliphatic carbocycles. The lowest BCUT2D eigenvalue weighted by molar-refractivity contribution is 0.0690. The number of pyridine rings is 1. The van der Waals surface area contributed by atoms with Crippen LogP contribution in [0.2, 0.25) is 0 Å². The third-order valence-corrected chi connectivity index (χ3v) is 8.39. The van der Waals surface area contributed by atoms with Crippen LogP contribution in [-0.4, -0.2) is 58.9 Å². The number of imidazole rings is 1. The number of carbonyl (C=O) groups is 1. The summed E-state index contributed by atoms with van der Waals surface area (Å²) in [5.41, 5.74) is 0.0395. The minimum Gasteiger partial charge on any atom is -0.490 e. The summed E-state index contributed by atoms with van der Waals surface area (Å²) in [7, 11) is -4.37. The first-order chi connectivity index (χ1) is 18.6. The summed E-state index contributed by atoms with van der Waals surface area (Å²) in [6.07, 6.45) is 2.04. The molecule has 2 aromatic carbocycles. The van der Waals surface area contributed by atoms with Gasteiger partial charge in [-0.15, -0.1) is 0 Å². The molecule has 204 valence electrons. The first-order valence-electron chi connectivity index (χ1n) is 12.2. The Hall–Kier alpha value is -4.23. The van der Waals surface area contributed by atoms with Crippen LogP contribution in [0.25, 0.3) is 16.9 Å². The topological polar surface area (TPSA) is 155 Å². The maximum atomic E-state index is 15.6. The van der Waals surface area contributed by atoms with Gasteiger partial charge in [-0.1, -0.05) is 18.2 Å². The standard InChI is InChI=1S/C26H25FN4O7S/c1-15-12-18(25(33)34)28-24-23(15)29-26(35)31(24)20-14-22(21(13-17(20)27)38-11-10-32)39(36,37)30-9-5-4-7-16-6-2-3-8-19(16)30/h2-3,6,8,12-14,32H,4-5,7,9-11H2,1H3,(H,29,35)(H,33,34). The van der Waals surface area contributed by atoms with E-state index >= 15 is 4.39 Å². The van der Waals surface area contributed by atoms with E-state index in [1.165, 1.54) is 10.4 Å². The molecule has 0 bridgehead atoms. The summed E-state index contributed by atoms with van der Waals surface area (Å²) in [4.78, 5) is 30.7. The maximum Gasteiger partial charge on any atom is 0.354 e. The second kappa shape index (κ2) is 10.2. The van der Waals surface area contributed by atoms with E-state index < -0.39 is 44.7 Å². The number of H-pyrrole nitrogens is 1. The molecule has 2 aromatic heterocycles. The van der Waals surface area contributed by atoms with E-state index in [1.54, 1.807) is 19.1 Å². The Morgan fingerprint density at radius 2 is 1.95 bits per heavy atom. The number of fused-ring (bicyclic) bond motifs is 2. The number of ether oxygens (including phenoxy) is 1. The Morgan fingerprint density at radius 1 is 1.18 bits per heavy atom. The Labute approximate surface area is 222 Å². The van der Waals surface area contributed by atoms with E-state index in [0.717, 1.165) is 28.7 Å². The van der Waals surface area contributed by atoms with Crippen molar-refractivity contribution in [1.29, 1.82) is 0 Å². The molecule has 0 atom stereocenters. The Morgan fingerprint density at radius 3 is 2.69 bits per heavy atom. The number of carboxylic acid groups (broad SMARTS) is 1. The molecule has 1 aliphatic rings. The van der Waals surface area contributed by atoms with E-state index in [1.807, 2.05) is 12.1 Å². The summed E-state index contributed by atoms with van der Waals surface area (Å²) in [6.45, 7) is 0.985. The zero-order valence-corrected chi connectivity index (χ0v) is 21.7. The normalized spacial score (nSPS) is 13.8. The van der Waals surface area contributed by atoms with Gasteiger partial charge in [0.1, 0.15) is 17.3 Å². The molecule has 1 aliphatic heterocycles. The summed E-state index contributed by atoms with van der Waals surface area (Å²) < 4.78 is 51.3. The average molecular weight is 557 g/mol. The summed E-state index contributed by atoms with van der Waals surface area (Å²) >= 11 is 0. The number of para-hydroxylation sites is 1. The molecule has 0 saturated heterocycles. The number of nitrogens with zero attached hydrogens (tertiary/aromatic N) is 3. The van der Waals surface area contributed by atoms with E-state index in [-0.39, 0.29) is 35.8 Å². The lowest BCUT2D eigenvalue weighted by atomic mass is 10.1. The number of sulfonamides is 1. The van der Waals surface area contributed by atoms with Gasteiger partial charge in [-0.25, -0.2) is 31.9 Å². The van der Waals surface area contributed by atoms with E-state index in [0.29, 0.717) is 24.1 Å². The highest BCUT2D eigenvalue weighted by molar-refractivity contribution is 7.93. The second-order valence-electron chi connectivity index (χ2n) is 9.08. The molecule has 0 saturated carbocycles. The fourth-order valence-corrected chi connectivity index (χ4v) is 6.43. The minimum absolute atomic E-state index is 0.168. The van der Waals surface area contributed by atoms with Gasteiger partial charge in [-0.3, -0.25) is 4.31 Å². The number of aromatic amines is 1. The number of aliphatic hydroxyl groups is 1. The SMILES string of the molecule is Cc1cc(C(=O)O)nc2c1[nH]c(=O)n2-c1cc(S(=O)(=O)N2CCCCc3ccccc32)c(OCCO)cc1F. The number of rotatable bonds is 7. The number of aromatic nitrogens is 3. The van der Waals surface area contributed by atoms with Gasteiger partial charge < -0.3 is 19.9 Å². The van der Waals surface area contributed by atoms with E-state index in [4.69, 9.17) is 4.74 Å². The first kappa shape index (κ1) is 26.4. The number of anilines is 1. The van der Waals surface area contributed by atoms with E-state index in [2.05, 4.69) is 9.97 Å². The molecule has 11 nitrogen and oxygen atoms in total. The number of halogens is 1. The van der Waals surface area contributed by atoms with Crippen LogP contribution in [0.1, 0.15) is 34.5 Å². The predicted molar refractivity (Wildman–Crippen MR) is 140 cm³/mol. The third kappa shape index (κ3) is 4.63. The van der Waals surface area contributed by atoms with Gasteiger partial charge in [0, 0.05) is 12.6 Å². The second-order valence-corrected chi connectivity index (χ2v) is 10.9. The van der Waals surface area contributed by atoms with Gasteiger partial charge in [0.2, 0.25) is 0 Å². The molecule has 0 fully saturated rings. The third-order valence-electron chi connectivity index (χ3n) is 6.55. The minimum atomic E-state index is -4.37. The van der Waals surface area contributed by atoms with Crippen molar-refractivity contribution in [2.75, 3.05) is 24.1 Å².